The van der Waals surface area contributed by atoms with Gasteiger partial charge in [0.2, 0.25) is 0 Å². The van der Waals surface area contributed by atoms with Gasteiger partial charge in [0.05, 0.1) is 11.9 Å². The molecule has 0 aliphatic heterocycles. The Morgan fingerprint density at radius 2 is 0.852 bits per heavy atom. The van der Waals surface area contributed by atoms with Crippen molar-refractivity contribution in [2.24, 2.45) is 0 Å². The van der Waals surface area contributed by atoms with E-state index < -0.39 is 11.9 Å². The number of fused-ring (bicyclic) bond motifs is 2. The molecule has 0 unspecified atom stereocenters. The molecule has 4 aromatic carbocycles. The molecular weight excluding hydrogens is 392 g/mol. The number of carbonyl (C=O) groups is 2. The Hall–Kier alpha value is -3.14. The molecule has 0 aromatic heterocycles. The van der Waals surface area contributed by atoms with E-state index in [0.717, 1.165) is 21.5 Å². The van der Waals surface area contributed by atoms with E-state index >= 15 is 0 Å². The summed E-state index contributed by atoms with van der Waals surface area (Å²) < 4.78 is 0. The fraction of sp³-hybridized carbons (Fsp3) is 0. The van der Waals surface area contributed by atoms with Gasteiger partial charge in [-0.1, -0.05) is 84.9 Å². The molecule has 4 aromatic rings. The van der Waals surface area contributed by atoms with Gasteiger partial charge in [0.1, 0.15) is 0 Å². The van der Waals surface area contributed by atoms with E-state index in [2.05, 4.69) is 0 Å². The van der Waals surface area contributed by atoms with Gasteiger partial charge in [-0.05, 0) is 21.5 Å². The van der Waals surface area contributed by atoms with Crippen LogP contribution in [0, 0.1) is 0 Å². The van der Waals surface area contributed by atoms with Crippen LogP contribution in [0.15, 0.2) is 84.9 Å². The SMILES string of the molecule is O=C([O-])c1cccc2ccccc12.O=C([O-])c1cccc2ccccc12.[Cu+2]. The number of carboxylic acid groups (broad SMARTS) is 2. The zero-order chi connectivity index (χ0) is 18.5. The second kappa shape index (κ2) is 8.99. The van der Waals surface area contributed by atoms with E-state index in [0.29, 0.717) is 0 Å². The van der Waals surface area contributed by atoms with Crippen molar-refractivity contribution in [2.45, 2.75) is 0 Å². The van der Waals surface area contributed by atoms with Gasteiger partial charge in [0.25, 0.3) is 0 Å². The zero-order valence-corrected chi connectivity index (χ0v) is 15.0. The van der Waals surface area contributed by atoms with Gasteiger partial charge in [0.15, 0.2) is 0 Å². The maximum atomic E-state index is 10.7. The Bertz CT molecular complexity index is 1010. The topological polar surface area (TPSA) is 80.3 Å². The molecule has 4 rings (SSSR count). The van der Waals surface area contributed by atoms with Crippen LogP contribution < -0.4 is 10.2 Å². The molecule has 0 atom stereocenters. The molecule has 0 amide bonds. The monoisotopic (exact) mass is 405 g/mol. The number of carboxylic acids is 2. The summed E-state index contributed by atoms with van der Waals surface area (Å²) in [5, 5.41) is 24.7. The summed E-state index contributed by atoms with van der Waals surface area (Å²) in [7, 11) is 0. The van der Waals surface area contributed by atoms with Crippen molar-refractivity contribution in [3.63, 3.8) is 0 Å². The summed E-state index contributed by atoms with van der Waals surface area (Å²) in [4.78, 5) is 21.4. The quantitative estimate of drug-likeness (QED) is 0.479. The van der Waals surface area contributed by atoms with Crippen LogP contribution in [0.1, 0.15) is 20.7 Å². The second-order valence-corrected chi connectivity index (χ2v) is 5.63. The maximum absolute atomic E-state index is 10.7. The molecule has 5 heteroatoms. The van der Waals surface area contributed by atoms with E-state index in [1.54, 1.807) is 36.4 Å². The second-order valence-electron chi connectivity index (χ2n) is 5.63. The van der Waals surface area contributed by atoms with Crippen molar-refractivity contribution in [1.82, 2.24) is 0 Å². The van der Waals surface area contributed by atoms with E-state index in [1.807, 2.05) is 48.5 Å². The van der Waals surface area contributed by atoms with Gasteiger partial charge in [0, 0.05) is 11.1 Å². The summed E-state index contributed by atoms with van der Waals surface area (Å²) in [6.45, 7) is 0. The minimum Gasteiger partial charge on any atom is -0.545 e. The number of hydrogen-bond donors (Lipinski definition) is 0. The van der Waals surface area contributed by atoms with Crippen LogP contribution in [0.2, 0.25) is 0 Å². The average Bonchev–Trinajstić information content (AvgIpc) is 2.67. The molecule has 4 nitrogen and oxygen atoms in total. The average molecular weight is 406 g/mol. The molecule has 0 bridgehead atoms. The van der Waals surface area contributed by atoms with Crippen molar-refractivity contribution < 1.29 is 36.9 Å². The van der Waals surface area contributed by atoms with Gasteiger partial charge in [-0.2, -0.15) is 0 Å². The first-order valence-electron chi connectivity index (χ1n) is 7.96. The van der Waals surface area contributed by atoms with E-state index in [-0.39, 0.29) is 28.2 Å². The summed E-state index contributed by atoms with van der Waals surface area (Å²) in [6, 6.07) is 25.0. The molecule has 27 heavy (non-hydrogen) atoms. The zero-order valence-electron chi connectivity index (χ0n) is 14.0. The molecule has 0 spiro atoms. The van der Waals surface area contributed by atoms with Crippen LogP contribution in [0.5, 0.6) is 0 Å². The van der Waals surface area contributed by atoms with Gasteiger partial charge >= 0.3 is 17.1 Å². The van der Waals surface area contributed by atoms with Crippen molar-refractivity contribution in [3.8, 4) is 0 Å². The third-order valence-electron chi connectivity index (χ3n) is 4.02. The fourth-order valence-electron chi connectivity index (χ4n) is 2.81. The first kappa shape index (κ1) is 20.2. The number of rotatable bonds is 2. The third-order valence-corrected chi connectivity index (χ3v) is 4.02. The molecular formula is C22H14CuO4. The van der Waals surface area contributed by atoms with E-state index in [1.165, 1.54) is 0 Å². The molecule has 1 radical (unpaired) electrons. The Labute approximate surface area is 166 Å². The minimum absolute atomic E-state index is 0. The Kier molecular flexibility index (Phi) is 6.72. The molecule has 0 aliphatic carbocycles. The summed E-state index contributed by atoms with van der Waals surface area (Å²) in [6.07, 6.45) is 0. The molecule has 137 valence electrons. The van der Waals surface area contributed by atoms with Crippen LogP contribution >= 0.6 is 0 Å². The molecule has 0 heterocycles. The Balaban J connectivity index is 0.000000187. The normalized spacial score (nSPS) is 9.78. The first-order chi connectivity index (χ1) is 12.6. The fourth-order valence-corrected chi connectivity index (χ4v) is 2.81. The van der Waals surface area contributed by atoms with Crippen molar-refractivity contribution in [3.05, 3.63) is 96.1 Å². The van der Waals surface area contributed by atoms with Gasteiger partial charge in [-0.15, -0.1) is 0 Å². The van der Waals surface area contributed by atoms with Crippen molar-refractivity contribution in [1.29, 1.82) is 0 Å². The Morgan fingerprint density at radius 3 is 1.22 bits per heavy atom. The third kappa shape index (κ3) is 4.53. The summed E-state index contributed by atoms with van der Waals surface area (Å²) in [5.74, 6) is -2.26. The van der Waals surface area contributed by atoms with Crippen LogP contribution in [0.3, 0.4) is 0 Å². The van der Waals surface area contributed by atoms with Gasteiger partial charge in [-0.3, -0.25) is 0 Å². The predicted molar refractivity (Wildman–Crippen MR) is 96.6 cm³/mol. The van der Waals surface area contributed by atoms with E-state index in [4.69, 9.17) is 0 Å². The summed E-state index contributed by atoms with van der Waals surface area (Å²) in [5.41, 5.74) is 0.496. The van der Waals surface area contributed by atoms with E-state index in [9.17, 15) is 19.8 Å². The summed E-state index contributed by atoms with van der Waals surface area (Å²) >= 11 is 0. The number of carbonyl (C=O) groups excluding carboxylic acids is 2. The van der Waals surface area contributed by atoms with Crippen LogP contribution in [-0.4, -0.2) is 11.9 Å². The van der Waals surface area contributed by atoms with Crippen LogP contribution in [-0.2, 0) is 17.1 Å². The van der Waals surface area contributed by atoms with Gasteiger partial charge in [-0.25, -0.2) is 0 Å². The molecule has 0 saturated carbocycles. The molecule has 0 saturated heterocycles. The van der Waals surface area contributed by atoms with Crippen LogP contribution in [0.4, 0.5) is 0 Å². The molecule has 0 fully saturated rings. The van der Waals surface area contributed by atoms with Crippen LogP contribution in [0.25, 0.3) is 21.5 Å². The molecule has 0 aliphatic rings. The predicted octanol–water partition coefficient (Wildman–Crippen LogP) is 2.40. The first-order valence-corrected chi connectivity index (χ1v) is 7.96. The standard InChI is InChI=1S/2C11H8O2.Cu/c2*12-11(13)10-7-3-5-8-4-1-2-6-9(8)10;/h2*1-7H,(H,12,13);/q;;+2/p-2. The number of aromatic carboxylic acids is 2. The van der Waals surface area contributed by atoms with Crippen molar-refractivity contribution in [2.75, 3.05) is 0 Å². The number of hydrogen-bond acceptors (Lipinski definition) is 4. The number of benzene rings is 4. The van der Waals surface area contributed by atoms with Crippen molar-refractivity contribution >= 4 is 33.5 Å². The smallest absolute Gasteiger partial charge is 0.545 e. The molecule has 0 N–H and O–H groups in total. The Morgan fingerprint density at radius 1 is 0.519 bits per heavy atom. The van der Waals surface area contributed by atoms with Gasteiger partial charge < -0.3 is 19.8 Å². The minimum atomic E-state index is -1.13. The largest absolute Gasteiger partial charge is 2.00 e. The maximum Gasteiger partial charge on any atom is 2.00 e.